The van der Waals surface area contributed by atoms with E-state index < -0.39 is 6.10 Å². The molecule has 0 aliphatic carbocycles. The van der Waals surface area contributed by atoms with Crippen molar-refractivity contribution in [3.63, 3.8) is 0 Å². The van der Waals surface area contributed by atoms with Gasteiger partial charge in [0.1, 0.15) is 5.82 Å². The molecule has 1 fully saturated rings. The summed E-state index contributed by atoms with van der Waals surface area (Å²) < 4.78 is 13.6. The largest absolute Gasteiger partial charge is 0.391 e. The minimum absolute atomic E-state index is 0.180. The topological polar surface area (TPSA) is 52.6 Å². The molecular formula is C16H23FN2O2. The van der Waals surface area contributed by atoms with Crippen molar-refractivity contribution in [2.45, 2.75) is 45.8 Å². The number of likely N-dealkylation sites (tertiary alicyclic amines) is 1. The maximum Gasteiger partial charge on any atom is 0.317 e. The van der Waals surface area contributed by atoms with Gasteiger partial charge in [-0.2, -0.15) is 0 Å². The Morgan fingerprint density at radius 2 is 2.05 bits per heavy atom. The van der Waals surface area contributed by atoms with Gasteiger partial charge in [0.25, 0.3) is 0 Å². The van der Waals surface area contributed by atoms with E-state index in [2.05, 4.69) is 5.32 Å². The lowest BCUT2D eigenvalue weighted by molar-refractivity contribution is 0.0835. The number of nitrogens with zero attached hydrogens (tertiary/aromatic N) is 1. The molecule has 0 spiro atoms. The van der Waals surface area contributed by atoms with Crippen molar-refractivity contribution in [1.29, 1.82) is 0 Å². The Balaban J connectivity index is 2.03. The molecule has 2 rings (SSSR count). The van der Waals surface area contributed by atoms with Crippen LogP contribution in [-0.2, 0) is 0 Å². The van der Waals surface area contributed by atoms with E-state index in [9.17, 15) is 14.3 Å². The summed E-state index contributed by atoms with van der Waals surface area (Å²) in [5.74, 6) is -0.198. The molecule has 0 aromatic heterocycles. The number of β-amino-alcohol motifs (C(OH)–C–C–N with tert-alkyl or cyclic N) is 1. The Morgan fingerprint density at radius 1 is 1.43 bits per heavy atom. The summed E-state index contributed by atoms with van der Waals surface area (Å²) in [5, 5.41) is 12.5. The Morgan fingerprint density at radius 3 is 2.62 bits per heavy atom. The van der Waals surface area contributed by atoms with Crippen LogP contribution in [-0.4, -0.2) is 35.2 Å². The Bertz CT molecular complexity index is 510. The number of aryl methyl sites for hydroxylation is 2. The van der Waals surface area contributed by atoms with Gasteiger partial charge in [-0.05, 0) is 50.3 Å². The lowest BCUT2D eigenvalue weighted by Crippen LogP contribution is -2.47. The van der Waals surface area contributed by atoms with E-state index in [4.69, 9.17) is 0 Å². The third kappa shape index (κ3) is 3.73. The van der Waals surface area contributed by atoms with E-state index in [0.29, 0.717) is 24.2 Å². The van der Waals surface area contributed by atoms with Crippen LogP contribution in [0.15, 0.2) is 12.1 Å². The molecule has 1 aliphatic rings. The van der Waals surface area contributed by atoms with Crippen molar-refractivity contribution in [3.05, 3.63) is 34.6 Å². The number of carbonyl (C=O) groups excluding carboxylic acids is 1. The predicted octanol–water partition coefficient (Wildman–Crippen LogP) is 2.67. The number of halogens is 1. The summed E-state index contributed by atoms with van der Waals surface area (Å²) in [4.78, 5) is 13.8. The fourth-order valence-corrected chi connectivity index (χ4v) is 2.73. The first-order chi connectivity index (χ1) is 9.88. The zero-order valence-electron chi connectivity index (χ0n) is 12.8. The van der Waals surface area contributed by atoms with Crippen LogP contribution < -0.4 is 5.32 Å². The van der Waals surface area contributed by atoms with Gasteiger partial charge in [0.15, 0.2) is 0 Å². The minimum Gasteiger partial charge on any atom is -0.391 e. The van der Waals surface area contributed by atoms with Gasteiger partial charge in [-0.25, -0.2) is 9.18 Å². The third-order valence-electron chi connectivity index (χ3n) is 3.98. The van der Waals surface area contributed by atoms with Gasteiger partial charge in [0, 0.05) is 13.1 Å². The summed E-state index contributed by atoms with van der Waals surface area (Å²) in [5.41, 5.74) is 2.05. The first kappa shape index (κ1) is 15.8. The van der Waals surface area contributed by atoms with E-state index >= 15 is 0 Å². The van der Waals surface area contributed by atoms with Crippen LogP contribution in [0.2, 0.25) is 0 Å². The lowest BCUT2D eigenvalue weighted by Gasteiger charge is -2.31. The quantitative estimate of drug-likeness (QED) is 0.881. The fourth-order valence-electron chi connectivity index (χ4n) is 2.73. The number of nitrogens with one attached hydrogen (secondary N) is 1. The summed E-state index contributed by atoms with van der Waals surface area (Å²) in [6, 6.07) is 3.15. The van der Waals surface area contributed by atoms with E-state index in [0.717, 1.165) is 18.4 Å². The first-order valence-corrected chi connectivity index (χ1v) is 7.38. The third-order valence-corrected chi connectivity index (χ3v) is 3.98. The van der Waals surface area contributed by atoms with Crippen molar-refractivity contribution >= 4 is 6.03 Å². The number of aliphatic hydroxyl groups excluding tert-OH is 1. The number of hydrogen-bond donors (Lipinski definition) is 2. The molecule has 0 radical (unpaired) electrons. The molecule has 5 heteroatoms. The van der Waals surface area contributed by atoms with Gasteiger partial charge < -0.3 is 15.3 Å². The smallest absolute Gasteiger partial charge is 0.317 e. The summed E-state index contributed by atoms with van der Waals surface area (Å²) in [6.07, 6.45) is 1.13. The molecule has 0 saturated carbocycles. The molecule has 4 nitrogen and oxygen atoms in total. The van der Waals surface area contributed by atoms with Gasteiger partial charge in [-0.3, -0.25) is 0 Å². The maximum absolute atomic E-state index is 13.6. The Hall–Kier alpha value is -1.62. The number of carbonyl (C=O) groups is 1. The van der Waals surface area contributed by atoms with Gasteiger partial charge >= 0.3 is 6.03 Å². The first-order valence-electron chi connectivity index (χ1n) is 7.38. The number of hydrogen-bond acceptors (Lipinski definition) is 2. The van der Waals surface area contributed by atoms with Crippen LogP contribution in [0.25, 0.3) is 0 Å². The summed E-state index contributed by atoms with van der Waals surface area (Å²) in [7, 11) is 0. The molecule has 116 valence electrons. The number of rotatable bonds is 2. The second-order valence-electron chi connectivity index (χ2n) is 5.88. The minimum atomic E-state index is -0.435. The van der Waals surface area contributed by atoms with Crippen molar-refractivity contribution in [2.24, 2.45) is 0 Å². The second-order valence-corrected chi connectivity index (χ2v) is 5.88. The van der Waals surface area contributed by atoms with Gasteiger partial charge in [0.05, 0.1) is 12.1 Å². The summed E-state index contributed by atoms with van der Waals surface area (Å²) >= 11 is 0. The van der Waals surface area contributed by atoms with Crippen molar-refractivity contribution in [2.75, 3.05) is 13.1 Å². The average molecular weight is 294 g/mol. The van der Waals surface area contributed by atoms with Crippen molar-refractivity contribution < 1.29 is 14.3 Å². The zero-order valence-corrected chi connectivity index (χ0v) is 12.8. The lowest BCUT2D eigenvalue weighted by atomic mass is 10.0. The molecule has 1 aliphatic heterocycles. The molecule has 1 heterocycles. The van der Waals surface area contributed by atoms with E-state index in [-0.39, 0.29) is 17.9 Å². The molecule has 2 atom stereocenters. The van der Waals surface area contributed by atoms with E-state index in [1.807, 2.05) is 6.92 Å². The number of amides is 2. The predicted molar refractivity (Wildman–Crippen MR) is 79.6 cm³/mol. The maximum atomic E-state index is 13.6. The van der Waals surface area contributed by atoms with Crippen LogP contribution in [0.5, 0.6) is 0 Å². The van der Waals surface area contributed by atoms with Crippen LogP contribution in [0.3, 0.4) is 0 Å². The SMILES string of the molecule is Cc1cc(C(C)NC(=O)N2CCCC(O)C2)cc(C)c1F. The van der Waals surface area contributed by atoms with Crippen LogP contribution >= 0.6 is 0 Å². The normalized spacial score (nSPS) is 20.2. The van der Waals surface area contributed by atoms with Crippen molar-refractivity contribution in [3.8, 4) is 0 Å². The Labute approximate surface area is 125 Å². The van der Waals surface area contributed by atoms with Crippen molar-refractivity contribution in [1.82, 2.24) is 10.2 Å². The van der Waals surface area contributed by atoms with E-state index in [1.54, 1.807) is 30.9 Å². The molecule has 1 aromatic carbocycles. The number of urea groups is 1. The molecule has 0 bridgehead atoms. The molecule has 1 aromatic rings. The zero-order chi connectivity index (χ0) is 15.6. The van der Waals surface area contributed by atoms with Crippen LogP contribution in [0.4, 0.5) is 9.18 Å². The van der Waals surface area contributed by atoms with E-state index in [1.165, 1.54) is 0 Å². The van der Waals surface area contributed by atoms with Crippen LogP contribution in [0, 0.1) is 19.7 Å². The number of piperidine rings is 1. The fraction of sp³-hybridized carbons (Fsp3) is 0.562. The highest BCUT2D eigenvalue weighted by atomic mass is 19.1. The summed E-state index contributed by atoms with van der Waals surface area (Å²) in [6.45, 7) is 6.37. The number of benzene rings is 1. The highest BCUT2D eigenvalue weighted by Gasteiger charge is 2.23. The molecular weight excluding hydrogens is 271 g/mol. The monoisotopic (exact) mass is 294 g/mol. The number of aliphatic hydroxyl groups is 1. The second kappa shape index (κ2) is 6.43. The molecule has 2 unspecified atom stereocenters. The van der Waals surface area contributed by atoms with Crippen LogP contribution in [0.1, 0.15) is 42.5 Å². The molecule has 2 amide bonds. The highest BCUT2D eigenvalue weighted by Crippen LogP contribution is 2.20. The average Bonchev–Trinajstić information content (AvgIpc) is 2.44. The van der Waals surface area contributed by atoms with Gasteiger partial charge in [-0.15, -0.1) is 0 Å². The van der Waals surface area contributed by atoms with Gasteiger partial charge in [-0.1, -0.05) is 12.1 Å². The molecule has 21 heavy (non-hydrogen) atoms. The highest BCUT2D eigenvalue weighted by molar-refractivity contribution is 5.74. The molecule has 1 saturated heterocycles. The standard InChI is InChI=1S/C16H23FN2O2/c1-10-7-13(8-11(2)15(10)17)12(3)18-16(21)19-6-4-5-14(20)9-19/h7-8,12,14,20H,4-6,9H2,1-3H3,(H,18,21). The Kier molecular flexibility index (Phi) is 4.83. The molecule has 2 N–H and O–H groups in total. The van der Waals surface area contributed by atoms with Gasteiger partial charge in [0.2, 0.25) is 0 Å².